The number of allylic oxidation sites excluding steroid dienone is 1. The fourth-order valence-electron chi connectivity index (χ4n) is 4.00. The van der Waals surface area contributed by atoms with Crippen molar-refractivity contribution in [1.29, 1.82) is 0 Å². The van der Waals surface area contributed by atoms with Gasteiger partial charge in [-0.05, 0) is 50.5 Å². The molecule has 0 saturated heterocycles. The van der Waals surface area contributed by atoms with Crippen molar-refractivity contribution in [3.63, 3.8) is 0 Å². The first-order chi connectivity index (χ1) is 17.5. The number of carbonyl (C=O) groups excluding carboxylic acids is 1. The lowest BCUT2D eigenvalue weighted by molar-refractivity contribution is -0.140. The second-order valence-corrected chi connectivity index (χ2v) is 9.27. The number of nitrogens with zero attached hydrogens (tertiary/aromatic N) is 3. The average molecular weight is 509 g/mol. The van der Waals surface area contributed by atoms with Crippen molar-refractivity contribution in [2.75, 3.05) is 24.3 Å². The van der Waals surface area contributed by atoms with Crippen LogP contribution in [-0.4, -0.2) is 39.7 Å². The number of anilines is 1. The molecule has 0 fully saturated rings. The molecule has 1 N–H and O–H groups in total. The SMILES string of the molecule is CCCSc1nc2n(n1)C(c1ccc(OCC)c(OCC)c1)C(C(=O)OCc1ccccc1)=C(C)N2. The number of benzene rings is 2. The normalized spacial score (nSPS) is 14.7. The fraction of sp³-hybridized carbons (Fsp3) is 0.370. The summed E-state index contributed by atoms with van der Waals surface area (Å²) in [4.78, 5) is 18.2. The first kappa shape index (κ1) is 25.6. The minimum Gasteiger partial charge on any atom is -0.490 e. The van der Waals surface area contributed by atoms with Crippen LogP contribution in [-0.2, 0) is 16.1 Å². The molecule has 36 heavy (non-hydrogen) atoms. The molecule has 8 nitrogen and oxygen atoms in total. The molecule has 0 saturated carbocycles. The third kappa shape index (κ3) is 5.67. The lowest BCUT2D eigenvalue weighted by Crippen LogP contribution is -2.29. The van der Waals surface area contributed by atoms with E-state index in [1.54, 1.807) is 16.4 Å². The minimum absolute atomic E-state index is 0.179. The van der Waals surface area contributed by atoms with Gasteiger partial charge in [-0.15, -0.1) is 5.10 Å². The van der Waals surface area contributed by atoms with E-state index in [0.717, 1.165) is 23.3 Å². The molecule has 2 heterocycles. The van der Waals surface area contributed by atoms with Crippen LogP contribution in [0.15, 0.2) is 65.0 Å². The smallest absolute Gasteiger partial charge is 0.338 e. The summed E-state index contributed by atoms with van der Waals surface area (Å²) in [5.74, 6) is 2.35. The molecule has 1 unspecified atom stereocenters. The van der Waals surface area contributed by atoms with E-state index in [0.29, 0.717) is 47.1 Å². The molecule has 2 aromatic carbocycles. The van der Waals surface area contributed by atoms with Gasteiger partial charge in [0.2, 0.25) is 11.1 Å². The Labute approximate surface area is 216 Å². The summed E-state index contributed by atoms with van der Waals surface area (Å²) in [6.07, 6.45) is 1.01. The highest BCUT2D eigenvalue weighted by atomic mass is 32.2. The van der Waals surface area contributed by atoms with Crippen molar-refractivity contribution in [2.24, 2.45) is 0 Å². The minimum atomic E-state index is -0.539. The number of fused-ring (bicyclic) bond motifs is 1. The molecule has 3 aromatic rings. The number of aromatic nitrogens is 3. The summed E-state index contributed by atoms with van der Waals surface area (Å²) in [5.41, 5.74) is 2.90. The van der Waals surface area contributed by atoms with Crippen LogP contribution in [0, 0.1) is 0 Å². The molecule has 1 aliphatic heterocycles. The number of esters is 1. The Balaban J connectivity index is 1.74. The maximum atomic E-state index is 13.5. The van der Waals surface area contributed by atoms with Crippen LogP contribution in [0.5, 0.6) is 11.5 Å². The zero-order valence-electron chi connectivity index (χ0n) is 21.1. The van der Waals surface area contributed by atoms with E-state index in [9.17, 15) is 4.79 Å². The number of rotatable bonds is 11. The Morgan fingerprint density at radius 1 is 1.06 bits per heavy atom. The van der Waals surface area contributed by atoms with Crippen LogP contribution in [0.25, 0.3) is 0 Å². The molecule has 9 heteroatoms. The van der Waals surface area contributed by atoms with Gasteiger partial charge in [-0.3, -0.25) is 0 Å². The summed E-state index contributed by atoms with van der Waals surface area (Å²) in [5, 5.41) is 8.67. The number of nitrogens with one attached hydrogen (secondary N) is 1. The third-order valence-corrected chi connectivity index (χ3v) is 6.63. The molecule has 1 aliphatic rings. The monoisotopic (exact) mass is 508 g/mol. The van der Waals surface area contributed by atoms with Crippen LogP contribution in [0.2, 0.25) is 0 Å². The van der Waals surface area contributed by atoms with E-state index in [4.69, 9.17) is 19.3 Å². The van der Waals surface area contributed by atoms with E-state index in [-0.39, 0.29) is 6.61 Å². The molecule has 0 spiro atoms. The summed E-state index contributed by atoms with van der Waals surface area (Å²) in [6, 6.07) is 14.8. The van der Waals surface area contributed by atoms with Crippen LogP contribution in [0.1, 0.15) is 51.3 Å². The predicted octanol–water partition coefficient (Wildman–Crippen LogP) is 5.61. The zero-order chi connectivity index (χ0) is 25.5. The Hall–Kier alpha value is -3.46. The Morgan fingerprint density at radius 3 is 2.53 bits per heavy atom. The van der Waals surface area contributed by atoms with Crippen molar-refractivity contribution in [2.45, 2.75) is 51.9 Å². The molecule has 0 amide bonds. The number of ether oxygens (including phenoxy) is 3. The van der Waals surface area contributed by atoms with Crippen molar-refractivity contribution >= 4 is 23.7 Å². The van der Waals surface area contributed by atoms with Crippen LogP contribution >= 0.6 is 11.8 Å². The second-order valence-electron chi connectivity index (χ2n) is 8.21. The van der Waals surface area contributed by atoms with Crippen molar-refractivity contribution < 1.29 is 19.0 Å². The number of thioether (sulfide) groups is 1. The molecular formula is C27H32N4O4S. The standard InChI is InChI=1S/C27H32N4O4S/c1-5-15-36-27-29-26-28-18(4)23(25(32)35-17-19-11-9-8-10-12-19)24(31(26)30-27)20-13-14-21(33-6-2)22(16-20)34-7-3/h8-14,16,24H,5-7,15,17H2,1-4H3,(H,28,29,30). The van der Waals surface area contributed by atoms with E-state index in [2.05, 4.69) is 17.2 Å². The molecule has 1 aromatic heterocycles. The van der Waals surface area contributed by atoms with Gasteiger partial charge < -0.3 is 19.5 Å². The summed E-state index contributed by atoms with van der Waals surface area (Å²) >= 11 is 1.59. The van der Waals surface area contributed by atoms with Gasteiger partial charge in [0.25, 0.3) is 0 Å². The molecule has 0 bridgehead atoms. The highest BCUT2D eigenvalue weighted by molar-refractivity contribution is 7.99. The predicted molar refractivity (Wildman–Crippen MR) is 141 cm³/mol. The molecule has 0 aliphatic carbocycles. The topological polar surface area (TPSA) is 87.5 Å². The van der Waals surface area contributed by atoms with Gasteiger partial charge in [0.1, 0.15) is 12.6 Å². The summed E-state index contributed by atoms with van der Waals surface area (Å²) in [7, 11) is 0. The molecule has 4 rings (SSSR count). The van der Waals surface area contributed by atoms with Crippen LogP contribution < -0.4 is 14.8 Å². The summed E-state index contributed by atoms with van der Waals surface area (Å²) in [6.45, 7) is 9.03. The number of hydrogen-bond acceptors (Lipinski definition) is 8. The van der Waals surface area contributed by atoms with Gasteiger partial charge in [-0.25, -0.2) is 9.48 Å². The van der Waals surface area contributed by atoms with Gasteiger partial charge in [0.05, 0.1) is 18.8 Å². The molecule has 0 radical (unpaired) electrons. The number of hydrogen-bond donors (Lipinski definition) is 1. The van der Waals surface area contributed by atoms with Gasteiger partial charge in [0, 0.05) is 11.4 Å². The summed E-state index contributed by atoms with van der Waals surface area (Å²) < 4.78 is 19.1. The van der Waals surface area contributed by atoms with E-state index in [1.165, 1.54) is 0 Å². The van der Waals surface area contributed by atoms with E-state index >= 15 is 0 Å². The van der Waals surface area contributed by atoms with Crippen LogP contribution in [0.3, 0.4) is 0 Å². The largest absolute Gasteiger partial charge is 0.490 e. The fourth-order valence-corrected chi connectivity index (χ4v) is 4.68. The van der Waals surface area contributed by atoms with Gasteiger partial charge >= 0.3 is 5.97 Å². The van der Waals surface area contributed by atoms with Crippen molar-refractivity contribution in [3.05, 3.63) is 70.9 Å². The Morgan fingerprint density at radius 2 is 1.81 bits per heavy atom. The van der Waals surface area contributed by atoms with E-state index < -0.39 is 12.0 Å². The number of carbonyl (C=O) groups is 1. The van der Waals surface area contributed by atoms with Crippen LogP contribution in [0.4, 0.5) is 5.95 Å². The lowest BCUT2D eigenvalue weighted by Gasteiger charge is -2.28. The quantitative estimate of drug-likeness (QED) is 0.264. The van der Waals surface area contributed by atoms with Gasteiger partial charge in [-0.1, -0.05) is 55.1 Å². The molecule has 190 valence electrons. The van der Waals surface area contributed by atoms with Gasteiger partial charge in [0.15, 0.2) is 11.5 Å². The van der Waals surface area contributed by atoms with Crippen molar-refractivity contribution in [1.82, 2.24) is 14.8 Å². The highest BCUT2D eigenvalue weighted by Gasteiger charge is 2.36. The lowest BCUT2D eigenvalue weighted by atomic mass is 9.95. The zero-order valence-corrected chi connectivity index (χ0v) is 21.9. The second kappa shape index (κ2) is 12.0. The van der Waals surface area contributed by atoms with Crippen molar-refractivity contribution in [3.8, 4) is 11.5 Å². The molecular weight excluding hydrogens is 476 g/mol. The Kier molecular flexibility index (Phi) is 8.53. The Bertz CT molecular complexity index is 1230. The van der Waals surface area contributed by atoms with Gasteiger partial charge in [-0.2, -0.15) is 4.98 Å². The third-order valence-electron chi connectivity index (χ3n) is 5.58. The maximum Gasteiger partial charge on any atom is 0.338 e. The average Bonchev–Trinajstić information content (AvgIpc) is 3.29. The highest BCUT2D eigenvalue weighted by Crippen LogP contribution is 2.40. The maximum absolute atomic E-state index is 13.5. The first-order valence-electron chi connectivity index (χ1n) is 12.2. The first-order valence-corrected chi connectivity index (χ1v) is 13.2. The molecule has 1 atom stereocenters. The van der Waals surface area contributed by atoms with E-state index in [1.807, 2.05) is 69.3 Å².